The monoisotopic (exact) mass is 482 g/mol. The lowest BCUT2D eigenvalue weighted by Gasteiger charge is -2.22. The van der Waals surface area contributed by atoms with Crippen molar-refractivity contribution in [3.8, 4) is 33.6 Å². The average Bonchev–Trinajstić information content (AvgIpc) is 2.89. The Morgan fingerprint density at radius 1 is 0.622 bits per heavy atom. The summed E-state index contributed by atoms with van der Waals surface area (Å²) in [5, 5.41) is 0.961. The van der Waals surface area contributed by atoms with Gasteiger partial charge in [-0.3, -0.25) is 0 Å². The van der Waals surface area contributed by atoms with Gasteiger partial charge in [0.25, 0.3) is 0 Å². The second-order valence-corrected chi connectivity index (χ2v) is 10.3. The minimum Gasteiger partial charge on any atom is -0.423 e. The molecule has 4 nitrogen and oxygen atoms in total. The molecular weight excluding hydrogens is 456 g/mol. The Labute approximate surface area is 215 Å². The van der Waals surface area contributed by atoms with Crippen molar-refractivity contribution in [3.05, 3.63) is 119 Å². The van der Waals surface area contributed by atoms with Crippen molar-refractivity contribution in [3.63, 3.8) is 0 Å². The number of fused-ring (bicyclic) bond motifs is 3. The van der Waals surface area contributed by atoms with Crippen LogP contribution >= 0.6 is 0 Å². The largest absolute Gasteiger partial charge is 0.423 e. The second-order valence-electron chi connectivity index (χ2n) is 10.3. The van der Waals surface area contributed by atoms with Gasteiger partial charge in [0.1, 0.15) is 5.58 Å². The highest BCUT2D eigenvalue weighted by Gasteiger charge is 2.23. The fourth-order valence-electron chi connectivity index (χ4n) is 4.50. The summed E-state index contributed by atoms with van der Waals surface area (Å²) in [6.07, 6.45) is 0. The zero-order valence-electron chi connectivity index (χ0n) is 21.0. The van der Waals surface area contributed by atoms with Gasteiger partial charge in [0.15, 0.2) is 0 Å². The third-order valence-electron chi connectivity index (χ3n) is 6.69. The van der Waals surface area contributed by atoms with Crippen LogP contribution in [0.2, 0.25) is 0 Å². The highest BCUT2D eigenvalue weighted by Crippen LogP contribution is 2.45. The molecule has 0 radical (unpaired) electrons. The highest BCUT2D eigenvalue weighted by molar-refractivity contribution is 5.99. The van der Waals surface area contributed by atoms with E-state index in [0.717, 1.165) is 33.4 Å². The molecule has 37 heavy (non-hydrogen) atoms. The van der Waals surface area contributed by atoms with Crippen LogP contribution in [0.4, 0.5) is 0 Å². The van der Waals surface area contributed by atoms with Gasteiger partial charge < -0.3 is 4.42 Å². The predicted octanol–water partition coefficient (Wildman–Crippen LogP) is 8.03. The second kappa shape index (κ2) is 8.82. The number of aromatic nitrogens is 2. The molecule has 0 fully saturated rings. The Balaban J connectivity index is 0.000000148. The third-order valence-corrected chi connectivity index (χ3v) is 6.69. The van der Waals surface area contributed by atoms with E-state index in [1.165, 1.54) is 28.3 Å². The van der Waals surface area contributed by atoms with Crippen molar-refractivity contribution in [2.45, 2.75) is 26.2 Å². The summed E-state index contributed by atoms with van der Waals surface area (Å²) in [6.45, 7) is 6.40. The molecule has 2 aliphatic carbocycles. The zero-order chi connectivity index (χ0) is 25.6. The Hall–Kier alpha value is -4.57. The maximum atomic E-state index is 11.1. The van der Waals surface area contributed by atoms with Gasteiger partial charge in [-0.25, -0.2) is 14.8 Å². The fourth-order valence-corrected chi connectivity index (χ4v) is 4.50. The van der Waals surface area contributed by atoms with E-state index in [4.69, 9.17) is 14.4 Å². The molecule has 0 saturated carbocycles. The Bertz CT molecular complexity index is 1780. The van der Waals surface area contributed by atoms with E-state index in [1.54, 1.807) is 6.07 Å². The first kappa shape index (κ1) is 22.9. The third kappa shape index (κ3) is 4.31. The molecule has 2 heterocycles. The van der Waals surface area contributed by atoms with Gasteiger partial charge in [0.2, 0.25) is 0 Å². The van der Waals surface area contributed by atoms with Gasteiger partial charge in [-0.05, 0) is 52.4 Å². The van der Waals surface area contributed by atoms with Crippen molar-refractivity contribution in [1.82, 2.24) is 9.97 Å². The molecule has 0 N–H and O–H groups in total. The van der Waals surface area contributed by atoms with Gasteiger partial charge in [0.05, 0.1) is 22.4 Å². The molecule has 0 saturated heterocycles. The Morgan fingerprint density at radius 3 is 1.92 bits per heavy atom. The zero-order valence-corrected chi connectivity index (χ0v) is 21.0. The van der Waals surface area contributed by atoms with E-state index < -0.39 is 0 Å². The van der Waals surface area contributed by atoms with Crippen LogP contribution in [0.1, 0.15) is 26.3 Å². The summed E-state index contributed by atoms with van der Waals surface area (Å²) in [5.74, 6) is 0. The standard InChI is InChI=1S/C20H12N2.C13H14O2/c1-2-6-13(7-3-1)19-20(16-12-14-10-11-15(14)16)22-18-9-5-4-8-17(18)21-19;1-13(2,3)10-6-4-9-5-7-12(14)15-11(9)8-10/h1-12H;4-8H,1-3H3. The normalized spacial score (nSPS) is 11.8. The van der Waals surface area contributed by atoms with Crippen LogP contribution in [-0.4, -0.2) is 9.97 Å². The summed E-state index contributed by atoms with van der Waals surface area (Å²) >= 11 is 0. The first-order chi connectivity index (χ1) is 17.9. The summed E-state index contributed by atoms with van der Waals surface area (Å²) < 4.78 is 5.14. The number of hydrogen-bond donors (Lipinski definition) is 0. The van der Waals surface area contributed by atoms with E-state index >= 15 is 0 Å². The quantitative estimate of drug-likeness (QED) is 0.234. The van der Waals surface area contributed by atoms with E-state index in [2.05, 4.69) is 57.2 Å². The Kier molecular flexibility index (Phi) is 5.45. The van der Waals surface area contributed by atoms with E-state index in [0.29, 0.717) is 5.58 Å². The van der Waals surface area contributed by atoms with Crippen molar-refractivity contribution < 1.29 is 4.42 Å². The van der Waals surface area contributed by atoms with Gasteiger partial charge in [-0.15, -0.1) is 0 Å². The summed E-state index contributed by atoms with van der Waals surface area (Å²) in [4.78, 5) is 20.9. The van der Waals surface area contributed by atoms with Crippen molar-refractivity contribution >= 4 is 22.0 Å². The number of para-hydroxylation sites is 2. The molecule has 0 aliphatic heterocycles. The molecule has 0 atom stereocenters. The summed E-state index contributed by atoms with van der Waals surface area (Å²) in [5.41, 5.74) is 10.4. The first-order valence-electron chi connectivity index (χ1n) is 12.4. The molecule has 2 aliphatic rings. The van der Waals surface area contributed by atoms with Crippen LogP contribution in [0, 0.1) is 0 Å². The number of rotatable bonds is 2. The van der Waals surface area contributed by atoms with Gasteiger partial charge >= 0.3 is 5.63 Å². The molecule has 0 spiro atoms. The maximum absolute atomic E-state index is 11.1. The van der Waals surface area contributed by atoms with E-state index in [1.807, 2.05) is 54.6 Å². The highest BCUT2D eigenvalue weighted by atomic mass is 16.4. The number of hydrogen-bond acceptors (Lipinski definition) is 4. The molecule has 4 heteroatoms. The van der Waals surface area contributed by atoms with E-state index in [-0.39, 0.29) is 11.0 Å². The number of benzene rings is 4. The lowest BCUT2D eigenvalue weighted by atomic mass is 9.84. The Morgan fingerprint density at radius 2 is 1.30 bits per heavy atom. The topological polar surface area (TPSA) is 56.0 Å². The molecular formula is C33H26N2O2. The van der Waals surface area contributed by atoms with Crippen LogP contribution in [0.15, 0.2) is 112 Å². The molecule has 7 rings (SSSR count). The predicted molar refractivity (Wildman–Crippen MR) is 151 cm³/mol. The summed E-state index contributed by atoms with van der Waals surface area (Å²) in [7, 11) is 0. The van der Waals surface area contributed by atoms with E-state index in [9.17, 15) is 4.79 Å². The van der Waals surface area contributed by atoms with Crippen LogP contribution in [0.25, 0.3) is 55.6 Å². The van der Waals surface area contributed by atoms with Crippen molar-refractivity contribution in [2.75, 3.05) is 0 Å². The fraction of sp³-hybridized carbons (Fsp3) is 0.121. The van der Waals surface area contributed by atoms with Crippen LogP contribution in [0.5, 0.6) is 0 Å². The van der Waals surface area contributed by atoms with Crippen LogP contribution in [-0.2, 0) is 5.41 Å². The molecule has 5 aromatic rings. The van der Waals surface area contributed by atoms with Crippen LogP contribution in [0.3, 0.4) is 0 Å². The van der Waals surface area contributed by atoms with Gasteiger partial charge in [-0.1, -0.05) is 87.5 Å². The van der Waals surface area contributed by atoms with Crippen molar-refractivity contribution in [2.24, 2.45) is 0 Å². The molecule has 180 valence electrons. The van der Waals surface area contributed by atoms with Crippen LogP contribution < -0.4 is 5.63 Å². The SMILES string of the molecule is CC(C)(C)c1ccc2ccc(=O)oc2c1.c1ccc(-c2nc3ccccc3nc2-c2cc3ccc2-3)cc1. The average molecular weight is 483 g/mol. The molecule has 0 bridgehead atoms. The lowest BCUT2D eigenvalue weighted by Crippen LogP contribution is -2.10. The molecule has 0 unspecified atom stereocenters. The smallest absolute Gasteiger partial charge is 0.336 e. The molecule has 3 aromatic carbocycles. The lowest BCUT2D eigenvalue weighted by molar-refractivity contribution is 0.553. The molecule has 2 aromatic heterocycles. The summed E-state index contributed by atoms with van der Waals surface area (Å²) in [6, 6.07) is 34.0. The minimum absolute atomic E-state index is 0.0720. The van der Waals surface area contributed by atoms with Crippen molar-refractivity contribution in [1.29, 1.82) is 0 Å². The maximum Gasteiger partial charge on any atom is 0.336 e. The minimum atomic E-state index is -0.298. The van der Waals surface area contributed by atoms with Gasteiger partial charge in [-0.2, -0.15) is 0 Å². The van der Waals surface area contributed by atoms with Gasteiger partial charge in [0, 0.05) is 22.6 Å². The molecule has 0 amide bonds. The first-order valence-corrected chi connectivity index (χ1v) is 12.4. The number of nitrogens with zero attached hydrogens (tertiary/aromatic N) is 2.